The Morgan fingerprint density at radius 2 is 1.83 bits per heavy atom. The van der Waals surface area contributed by atoms with Gasteiger partial charge in [0.2, 0.25) is 0 Å². The second-order valence-electron chi connectivity index (χ2n) is 3.83. The van der Waals surface area contributed by atoms with Gasteiger partial charge < -0.3 is 0 Å². The van der Waals surface area contributed by atoms with Crippen molar-refractivity contribution in [3.05, 3.63) is 29.8 Å². The van der Waals surface area contributed by atoms with Crippen LogP contribution in [0.15, 0.2) is 29.2 Å². The molecule has 18 heavy (non-hydrogen) atoms. The molecule has 0 N–H and O–H groups in total. The summed E-state index contributed by atoms with van der Waals surface area (Å²) >= 11 is 2.99. The van der Waals surface area contributed by atoms with Gasteiger partial charge in [0, 0.05) is 22.5 Å². The second-order valence-corrected chi connectivity index (χ2v) is 8.08. The molecule has 100 valence electrons. The summed E-state index contributed by atoms with van der Waals surface area (Å²) in [7, 11) is -2.93. The van der Waals surface area contributed by atoms with Crippen LogP contribution in [-0.2, 0) is 9.84 Å². The standard InChI is InChI=1S/C12H16O3S3/c1-16-11-5-3-10(4-6-11)12(13)9-17-7-8-18(2,14)15/h3-6H,7-9H2,1-2H3. The molecule has 0 saturated carbocycles. The van der Waals surface area contributed by atoms with Crippen LogP contribution < -0.4 is 0 Å². The normalized spacial score (nSPS) is 11.4. The molecule has 6 heteroatoms. The van der Waals surface area contributed by atoms with Gasteiger partial charge in [-0.2, -0.15) is 11.8 Å². The van der Waals surface area contributed by atoms with E-state index in [0.717, 1.165) is 4.90 Å². The molecule has 0 aliphatic rings. The molecule has 0 fully saturated rings. The molecular formula is C12H16O3S3. The summed E-state index contributed by atoms with van der Waals surface area (Å²) in [5, 5.41) is 0. The lowest BCUT2D eigenvalue weighted by molar-refractivity contribution is 0.102. The van der Waals surface area contributed by atoms with Crippen LogP contribution in [0.3, 0.4) is 0 Å². The molecule has 0 amide bonds. The van der Waals surface area contributed by atoms with Gasteiger partial charge in [0.05, 0.1) is 11.5 Å². The van der Waals surface area contributed by atoms with Crippen molar-refractivity contribution in [1.29, 1.82) is 0 Å². The minimum absolute atomic E-state index is 0.0427. The lowest BCUT2D eigenvalue weighted by atomic mass is 10.1. The average Bonchev–Trinajstić information content (AvgIpc) is 2.33. The first kappa shape index (κ1) is 15.6. The van der Waals surface area contributed by atoms with Crippen molar-refractivity contribution < 1.29 is 13.2 Å². The predicted octanol–water partition coefficient (Wildman–Crippen LogP) is 2.37. The molecule has 1 aromatic rings. The Bertz CT molecular complexity index is 492. The largest absolute Gasteiger partial charge is 0.293 e. The van der Waals surface area contributed by atoms with Gasteiger partial charge in [0.1, 0.15) is 9.84 Å². The fourth-order valence-electron chi connectivity index (χ4n) is 1.24. The molecule has 0 unspecified atom stereocenters. The Labute approximate surface area is 117 Å². The van der Waals surface area contributed by atoms with Crippen LogP contribution in [0.1, 0.15) is 10.4 Å². The van der Waals surface area contributed by atoms with Crippen molar-refractivity contribution >= 4 is 39.1 Å². The quantitative estimate of drug-likeness (QED) is 0.440. The summed E-state index contributed by atoms with van der Waals surface area (Å²) in [5.74, 6) is 0.957. The van der Waals surface area contributed by atoms with Crippen LogP contribution >= 0.6 is 23.5 Å². The molecular weight excluding hydrogens is 288 g/mol. The first-order chi connectivity index (χ1) is 8.42. The second kappa shape index (κ2) is 7.21. The van der Waals surface area contributed by atoms with E-state index in [0.29, 0.717) is 17.1 Å². The molecule has 0 aromatic heterocycles. The molecule has 3 nitrogen and oxygen atoms in total. The fraction of sp³-hybridized carbons (Fsp3) is 0.417. The van der Waals surface area contributed by atoms with Gasteiger partial charge in [0.15, 0.2) is 5.78 Å². The third-order valence-corrected chi connectivity index (χ3v) is 5.15. The van der Waals surface area contributed by atoms with Crippen LogP contribution in [0.5, 0.6) is 0 Å². The van der Waals surface area contributed by atoms with Crippen molar-refractivity contribution in [2.24, 2.45) is 0 Å². The summed E-state index contributed by atoms with van der Waals surface area (Å²) in [6, 6.07) is 7.45. The first-order valence-corrected chi connectivity index (χ1v) is 9.79. The highest BCUT2D eigenvalue weighted by molar-refractivity contribution is 8.01. The van der Waals surface area contributed by atoms with E-state index in [4.69, 9.17) is 0 Å². The summed E-state index contributed by atoms with van der Waals surface area (Å²) in [5.41, 5.74) is 0.680. The van der Waals surface area contributed by atoms with E-state index >= 15 is 0 Å². The van der Waals surface area contributed by atoms with Crippen LogP contribution in [0, 0.1) is 0 Å². The van der Waals surface area contributed by atoms with Crippen molar-refractivity contribution in [2.45, 2.75) is 4.90 Å². The Morgan fingerprint density at radius 1 is 1.22 bits per heavy atom. The molecule has 0 heterocycles. The molecule has 0 bridgehead atoms. The molecule has 0 radical (unpaired) electrons. The maximum Gasteiger partial charge on any atom is 0.172 e. The van der Waals surface area contributed by atoms with Gasteiger partial charge in [0.25, 0.3) is 0 Å². The van der Waals surface area contributed by atoms with Crippen LogP contribution in [0.2, 0.25) is 0 Å². The summed E-state index contributed by atoms with van der Waals surface area (Å²) in [4.78, 5) is 12.9. The van der Waals surface area contributed by atoms with E-state index < -0.39 is 9.84 Å². The number of sulfone groups is 1. The molecule has 0 aliphatic carbocycles. The van der Waals surface area contributed by atoms with E-state index in [-0.39, 0.29) is 11.5 Å². The smallest absolute Gasteiger partial charge is 0.172 e. The highest BCUT2D eigenvalue weighted by Gasteiger charge is 2.07. The van der Waals surface area contributed by atoms with Gasteiger partial charge in [-0.1, -0.05) is 12.1 Å². The monoisotopic (exact) mass is 304 g/mol. The number of hydrogen-bond donors (Lipinski definition) is 0. The van der Waals surface area contributed by atoms with E-state index in [2.05, 4.69) is 0 Å². The van der Waals surface area contributed by atoms with Gasteiger partial charge in [-0.25, -0.2) is 8.42 Å². The summed E-state index contributed by atoms with van der Waals surface area (Å²) < 4.78 is 21.8. The highest BCUT2D eigenvalue weighted by atomic mass is 32.2. The Balaban J connectivity index is 2.40. The van der Waals surface area contributed by atoms with Gasteiger partial charge in [-0.05, 0) is 18.4 Å². The molecule has 0 saturated heterocycles. The van der Waals surface area contributed by atoms with Crippen LogP contribution in [0.4, 0.5) is 0 Å². The van der Waals surface area contributed by atoms with E-state index in [1.165, 1.54) is 18.0 Å². The number of Topliss-reactive ketones (excluding diaryl/α,β-unsaturated/α-hetero) is 1. The van der Waals surface area contributed by atoms with Crippen molar-refractivity contribution in [1.82, 2.24) is 0 Å². The summed E-state index contributed by atoms with van der Waals surface area (Å²) in [6.07, 6.45) is 3.19. The Morgan fingerprint density at radius 3 is 2.33 bits per heavy atom. The Kier molecular flexibility index (Phi) is 6.25. The van der Waals surface area contributed by atoms with Gasteiger partial charge in [-0.15, -0.1) is 11.8 Å². The topological polar surface area (TPSA) is 51.2 Å². The van der Waals surface area contributed by atoms with Crippen LogP contribution in [0.25, 0.3) is 0 Å². The van der Waals surface area contributed by atoms with E-state index in [1.807, 2.05) is 30.5 Å². The molecule has 0 spiro atoms. The number of carbonyl (C=O) groups is 1. The number of rotatable bonds is 7. The zero-order chi connectivity index (χ0) is 13.6. The summed E-state index contributed by atoms with van der Waals surface area (Å²) in [6.45, 7) is 0. The van der Waals surface area contributed by atoms with Crippen molar-refractivity contribution in [3.8, 4) is 0 Å². The minimum atomic E-state index is -2.93. The van der Waals surface area contributed by atoms with Gasteiger partial charge in [-0.3, -0.25) is 4.79 Å². The van der Waals surface area contributed by atoms with E-state index in [1.54, 1.807) is 11.8 Å². The van der Waals surface area contributed by atoms with E-state index in [9.17, 15) is 13.2 Å². The molecule has 1 aromatic carbocycles. The number of ketones is 1. The molecule has 0 aliphatic heterocycles. The third-order valence-electron chi connectivity index (χ3n) is 2.24. The minimum Gasteiger partial charge on any atom is -0.293 e. The highest BCUT2D eigenvalue weighted by Crippen LogP contribution is 2.16. The predicted molar refractivity (Wildman–Crippen MR) is 79.6 cm³/mol. The molecule has 0 atom stereocenters. The van der Waals surface area contributed by atoms with Crippen molar-refractivity contribution in [3.63, 3.8) is 0 Å². The SMILES string of the molecule is CSc1ccc(C(=O)CSCCS(C)(=O)=O)cc1. The lowest BCUT2D eigenvalue weighted by Gasteiger charge is -2.02. The number of thioether (sulfide) groups is 2. The maximum atomic E-state index is 11.8. The average molecular weight is 304 g/mol. The van der Waals surface area contributed by atoms with Crippen molar-refractivity contribution in [2.75, 3.05) is 29.8 Å². The zero-order valence-electron chi connectivity index (χ0n) is 10.4. The van der Waals surface area contributed by atoms with Crippen LogP contribution in [-0.4, -0.2) is 44.0 Å². The molecule has 1 rings (SSSR count). The first-order valence-electron chi connectivity index (χ1n) is 5.35. The third kappa shape index (κ3) is 5.93. The number of hydrogen-bond acceptors (Lipinski definition) is 5. The lowest BCUT2D eigenvalue weighted by Crippen LogP contribution is -2.08. The zero-order valence-corrected chi connectivity index (χ0v) is 12.8. The number of benzene rings is 1. The van der Waals surface area contributed by atoms with Gasteiger partial charge >= 0.3 is 0 Å². The Hall–Kier alpha value is -0.460. The number of carbonyl (C=O) groups excluding carboxylic acids is 1. The maximum absolute atomic E-state index is 11.8. The fourth-order valence-corrected chi connectivity index (χ4v) is 3.82.